The standard InChI is InChI=1S/C15H28N2O2/c1-11-5-3-4-6-14(11)16-15(19)17-9-7-13(8-10-17)12(2)18/h11-14,18H,3-10H2,1-2H3,(H,16,19). The summed E-state index contributed by atoms with van der Waals surface area (Å²) in [6, 6.07) is 0.457. The molecule has 2 amide bonds. The number of carbonyl (C=O) groups excluding carboxylic acids is 1. The lowest BCUT2D eigenvalue weighted by molar-refractivity contribution is 0.0784. The zero-order valence-electron chi connectivity index (χ0n) is 12.3. The van der Waals surface area contributed by atoms with Crippen LogP contribution in [0.3, 0.4) is 0 Å². The van der Waals surface area contributed by atoms with Gasteiger partial charge < -0.3 is 15.3 Å². The van der Waals surface area contributed by atoms with Crippen molar-refractivity contribution in [3.05, 3.63) is 0 Å². The molecule has 1 saturated carbocycles. The number of amides is 2. The van der Waals surface area contributed by atoms with Gasteiger partial charge >= 0.3 is 6.03 Å². The molecule has 0 aromatic carbocycles. The topological polar surface area (TPSA) is 52.6 Å². The van der Waals surface area contributed by atoms with Gasteiger partial charge in [0.05, 0.1) is 6.10 Å². The maximum Gasteiger partial charge on any atom is 0.317 e. The van der Waals surface area contributed by atoms with Crippen molar-refractivity contribution in [1.82, 2.24) is 10.2 Å². The predicted octanol–water partition coefficient (Wildman–Crippen LogP) is 2.37. The zero-order chi connectivity index (χ0) is 13.8. The van der Waals surface area contributed by atoms with Crippen molar-refractivity contribution in [3.63, 3.8) is 0 Å². The molecular formula is C15H28N2O2. The normalized spacial score (nSPS) is 31.0. The molecule has 0 aromatic rings. The Morgan fingerprint density at radius 2 is 1.84 bits per heavy atom. The van der Waals surface area contributed by atoms with Gasteiger partial charge in [0.25, 0.3) is 0 Å². The molecule has 2 rings (SSSR count). The number of aliphatic hydroxyl groups is 1. The highest BCUT2D eigenvalue weighted by atomic mass is 16.3. The van der Waals surface area contributed by atoms with Crippen molar-refractivity contribution in [1.29, 1.82) is 0 Å². The number of likely N-dealkylation sites (tertiary alicyclic amines) is 1. The van der Waals surface area contributed by atoms with Crippen molar-refractivity contribution in [2.24, 2.45) is 11.8 Å². The summed E-state index contributed by atoms with van der Waals surface area (Å²) in [4.78, 5) is 14.2. The third-order valence-corrected chi connectivity index (χ3v) is 4.93. The number of urea groups is 1. The van der Waals surface area contributed by atoms with Crippen molar-refractivity contribution < 1.29 is 9.90 Å². The number of aliphatic hydroxyl groups excluding tert-OH is 1. The van der Waals surface area contributed by atoms with Crippen LogP contribution >= 0.6 is 0 Å². The van der Waals surface area contributed by atoms with E-state index in [1.165, 1.54) is 19.3 Å². The Morgan fingerprint density at radius 1 is 1.21 bits per heavy atom. The maximum absolute atomic E-state index is 12.2. The molecule has 2 fully saturated rings. The summed E-state index contributed by atoms with van der Waals surface area (Å²) in [5.74, 6) is 0.963. The summed E-state index contributed by atoms with van der Waals surface area (Å²) in [7, 11) is 0. The molecule has 2 aliphatic rings. The number of nitrogens with one attached hydrogen (secondary N) is 1. The average molecular weight is 268 g/mol. The molecule has 1 heterocycles. The van der Waals surface area contributed by atoms with Crippen molar-refractivity contribution in [2.75, 3.05) is 13.1 Å². The lowest BCUT2D eigenvalue weighted by Gasteiger charge is -2.36. The Bertz CT molecular complexity index is 299. The van der Waals surface area contributed by atoms with Gasteiger partial charge in [-0.15, -0.1) is 0 Å². The average Bonchev–Trinajstić information content (AvgIpc) is 2.41. The van der Waals surface area contributed by atoms with Gasteiger partial charge in [-0.3, -0.25) is 0 Å². The third-order valence-electron chi connectivity index (χ3n) is 4.93. The van der Waals surface area contributed by atoms with E-state index in [9.17, 15) is 9.90 Å². The Hall–Kier alpha value is -0.770. The van der Waals surface area contributed by atoms with Gasteiger partial charge in [0.2, 0.25) is 0 Å². The predicted molar refractivity (Wildman–Crippen MR) is 75.9 cm³/mol. The van der Waals surface area contributed by atoms with Crippen LogP contribution in [0.1, 0.15) is 52.4 Å². The Morgan fingerprint density at radius 3 is 2.42 bits per heavy atom. The Balaban J connectivity index is 1.78. The molecule has 1 aliphatic carbocycles. The van der Waals surface area contributed by atoms with Gasteiger partial charge in [-0.2, -0.15) is 0 Å². The Kier molecular flexibility index (Phi) is 5.08. The van der Waals surface area contributed by atoms with Gasteiger partial charge in [0.15, 0.2) is 0 Å². The number of piperidine rings is 1. The first-order valence-electron chi connectivity index (χ1n) is 7.81. The zero-order valence-corrected chi connectivity index (χ0v) is 12.3. The van der Waals surface area contributed by atoms with Crippen LogP contribution in [0.25, 0.3) is 0 Å². The van der Waals surface area contributed by atoms with E-state index < -0.39 is 0 Å². The van der Waals surface area contributed by atoms with Crippen LogP contribution in [0, 0.1) is 11.8 Å². The largest absolute Gasteiger partial charge is 0.393 e. The molecule has 0 aromatic heterocycles. The monoisotopic (exact) mass is 268 g/mol. The highest BCUT2D eigenvalue weighted by molar-refractivity contribution is 5.74. The molecule has 4 heteroatoms. The van der Waals surface area contributed by atoms with E-state index in [0.29, 0.717) is 17.9 Å². The molecule has 0 radical (unpaired) electrons. The fourth-order valence-electron chi connectivity index (χ4n) is 3.37. The van der Waals surface area contributed by atoms with Crippen molar-refractivity contribution in [2.45, 2.75) is 64.5 Å². The summed E-state index contributed by atoms with van der Waals surface area (Å²) in [5.41, 5.74) is 0. The lowest BCUT2D eigenvalue weighted by Crippen LogP contribution is -2.50. The minimum atomic E-state index is -0.247. The van der Waals surface area contributed by atoms with E-state index in [1.807, 2.05) is 11.8 Å². The van der Waals surface area contributed by atoms with Crippen LogP contribution in [-0.4, -0.2) is 41.3 Å². The number of carbonyl (C=O) groups is 1. The molecule has 3 unspecified atom stereocenters. The SMILES string of the molecule is CC(O)C1CCN(C(=O)NC2CCCCC2C)CC1. The molecule has 110 valence electrons. The highest BCUT2D eigenvalue weighted by Gasteiger charge is 2.28. The fraction of sp³-hybridized carbons (Fsp3) is 0.933. The minimum Gasteiger partial charge on any atom is -0.393 e. The van der Waals surface area contributed by atoms with E-state index in [0.717, 1.165) is 32.4 Å². The van der Waals surface area contributed by atoms with Crippen molar-refractivity contribution >= 4 is 6.03 Å². The first kappa shape index (κ1) is 14.6. The smallest absolute Gasteiger partial charge is 0.317 e. The van der Waals surface area contributed by atoms with E-state index in [2.05, 4.69) is 12.2 Å². The van der Waals surface area contributed by atoms with Crippen LogP contribution in [0.15, 0.2) is 0 Å². The van der Waals surface area contributed by atoms with E-state index in [4.69, 9.17) is 0 Å². The van der Waals surface area contributed by atoms with E-state index in [-0.39, 0.29) is 12.1 Å². The van der Waals surface area contributed by atoms with Crippen LogP contribution in [0.2, 0.25) is 0 Å². The molecular weight excluding hydrogens is 240 g/mol. The second kappa shape index (κ2) is 6.60. The second-order valence-corrected chi connectivity index (χ2v) is 6.38. The summed E-state index contributed by atoms with van der Waals surface area (Å²) in [6.45, 7) is 5.65. The van der Waals surface area contributed by atoms with Crippen molar-refractivity contribution in [3.8, 4) is 0 Å². The molecule has 3 atom stereocenters. The Labute approximate surface area is 116 Å². The van der Waals surface area contributed by atoms with E-state index >= 15 is 0 Å². The molecule has 4 nitrogen and oxygen atoms in total. The van der Waals surface area contributed by atoms with Crippen LogP contribution in [0.4, 0.5) is 4.79 Å². The number of hydrogen-bond donors (Lipinski definition) is 2. The van der Waals surface area contributed by atoms with Crippen LogP contribution < -0.4 is 5.32 Å². The van der Waals surface area contributed by atoms with Gasteiger partial charge in [-0.05, 0) is 44.4 Å². The van der Waals surface area contributed by atoms with E-state index in [1.54, 1.807) is 0 Å². The van der Waals surface area contributed by atoms with Gasteiger partial charge in [0, 0.05) is 19.1 Å². The molecule has 19 heavy (non-hydrogen) atoms. The third kappa shape index (κ3) is 3.85. The van der Waals surface area contributed by atoms with Gasteiger partial charge in [-0.25, -0.2) is 4.79 Å². The summed E-state index contributed by atoms with van der Waals surface area (Å²) < 4.78 is 0. The number of hydrogen-bond acceptors (Lipinski definition) is 2. The quantitative estimate of drug-likeness (QED) is 0.808. The number of nitrogens with zero attached hydrogens (tertiary/aromatic N) is 1. The van der Waals surface area contributed by atoms with Crippen LogP contribution in [0.5, 0.6) is 0 Å². The minimum absolute atomic E-state index is 0.0998. The first-order valence-corrected chi connectivity index (χ1v) is 7.81. The molecule has 1 saturated heterocycles. The first-order chi connectivity index (χ1) is 9.08. The summed E-state index contributed by atoms with van der Waals surface area (Å²) >= 11 is 0. The number of rotatable bonds is 2. The fourth-order valence-corrected chi connectivity index (χ4v) is 3.37. The lowest BCUT2D eigenvalue weighted by atomic mass is 9.86. The summed E-state index contributed by atoms with van der Waals surface area (Å²) in [5, 5.41) is 12.8. The van der Waals surface area contributed by atoms with Gasteiger partial charge in [-0.1, -0.05) is 19.8 Å². The second-order valence-electron chi connectivity index (χ2n) is 6.38. The highest BCUT2D eigenvalue weighted by Crippen LogP contribution is 2.25. The molecule has 0 bridgehead atoms. The van der Waals surface area contributed by atoms with Gasteiger partial charge in [0.1, 0.15) is 0 Å². The van der Waals surface area contributed by atoms with Crippen LogP contribution in [-0.2, 0) is 0 Å². The molecule has 2 N–H and O–H groups in total. The summed E-state index contributed by atoms with van der Waals surface area (Å²) in [6.07, 6.45) is 6.48. The molecule has 1 aliphatic heterocycles. The molecule has 0 spiro atoms. The maximum atomic E-state index is 12.2.